The first kappa shape index (κ1) is 11.1. The van der Waals surface area contributed by atoms with Crippen molar-refractivity contribution in [2.45, 2.75) is 25.8 Å². The molecule has 0 heterocycles. The first-order valence-corrected chi connectivity index (χ1v) is 4.64. The van der Waals surface area contributed by atoms with Crippen molar-refractivity contribution >= 4 is 0 Å². The fourth-order valence-electron chi connectivity index (χ4n) is 1.00. The number of hydrogen-bond donors (Lipinski definition) is 1. The molecule has 0 aromatic heterocycles. The van der Waals surface area contributed by atoms with Crippen LogP contribution in [0.1, 0.15) is 12.5 Å². The predicted molar refractivity (Wildman–Crippen MR) is 52.7 cm³/mol. The van der Waals surface area contributed by atoms with Gasteiger partial charge in [-0.25, -0.2) is 4.39 Å². The Morgan fingerprint density at radius 1 is 1.36 bits per heavy atom. The summed E-state index contributed by atoms with van der Waals surface area (Å²) < 4.78 is 18.0. The summed E-state index contributed by atoms with van der Waals surface area (Å²) in [7, 11) is 0. The Balaban J connectivity index is 2.22. The SMILES string of the molecule is CC(O)C(F)COCc1ccccc1. The molecule has 78 valence electrons. The number of aliphatic hydroxyl groups is 1. The van der Waals surface area contributed by atoms with Gasteiger partial charge in [0.1, 0.15) is 6.17 Å². The van der Waals surface area contributed by atoms with Crippen LogP contribution in [0.15, 0.2) is 30.3 Å². The molecule has 14 heavy (non-hydrogen) atoms. The zero-order valence-corrected chi connectivity index (χ0v) is 8.19. The van der Waals surface area contributed by atoms with Gasteiger partial charge < -0.3 is 9.84 Å². The molecule has 1 aromatic carbocycles. The lowest BCUT2D eigenvalue weighted by atomic mass is 10.2. The van der Waals surface area contributed by atoms with E-state index in [0.717, 1.165) is 5.56 Å². The summed E-state index contributed by atoms with van der Waals surface area (Å²) in [4.78, 5) is 0. The average Bonchev–Trinajstić information content (AvgIpc) is 2.19. The molecular weight excluding hydrogens is 183 g/mol. The lowest BCUT2D eigenvalue weighted by Crippen LogP contribution is -2.23. The highest BCUT2D eigenvalue weighted by Gasteiger charge is 2.12. The average molecular weight is 198 g/mol. The molecule has 0 saturated heterocycles. The summed E-state index contributed by atoms with van der Waals surface area (Å²) in [5, 5.41) is 8.86. The summed E-state index contributed by atoms with van der Waals surface area (Å²) >= 11 is 0. The van der Waals surface area contributed by atoms with E-state index in [2.05, 4.69) is 0 Å². The number of alkyl halides is 1. The third-order valence-electron chi connectivity index (χ3n) is 1.91. The molecule has 0 radical (unpaired) electrons. The molecule has 0 saturated carbocycles. The van der Waals surface area contributed by atoms with Gasteiger partial charge in [0.05, 0.1) is 19.3 Å². The molecule has 3 heteroatoms. The van der Waals surface area contributed by atoms with E-state index in [4.69, 9.17) is 9.84 Å². The van der Waals surface area contributed by atoms with Crippen molar-refractivity contribution in [2.24, 2.45) is 0 Å². The number of ether oxygens (including phenoxy) is 1. The first-order chi connectivity index (χ1) is 6.70. The van der Waals surface area contributed by atoms with E-state index >= 15 is 0 Å². The van der Waals surface area contributed by atoms with Crippen LogP contribution in [0.3, 0.4) is 0 Å². The molecule has 2 nitrogen and oxygen atoms in total. The normalized spacial score (nSPS) is 15.1. The van der Waals surface area contributed by atoms with Gasteiger partial charge in [0.2, 0.25) is 0 Å². The van der Waals surface area contributed by atoms with Crippen molar-refractivity contribution in [3.05, 3.63) is 35.9 Å². The van der Waals surface area contributed by atoms with Crippen molar-refractivity contribution in [1.29, 1.82) is 0 Å². The van der Waals surface area contributed by atoms with Gasteiger partial charge in [0.15, 0.2) is 0 Å². The van der Waals surface area contributed by atoms with Gasteiger partial charge in [-0.05, 0) is 12.5 Å². The van der Waals surface area contributed by atoms with Crippen LogP contribution in [0, 0.1) is 0 Å². The molecule has 0 fully saturated rings. The Kier molecular flexibility index (Phi) is 4.56. The molecule has 0 bridgehead atoms. The van der Waals surface area contributed by atoms with Crippen molar-refractivity contribution in [3.8, 4) is 0 Å². The molecule has 0 aliphatic rings. The van der Waals surface area contributed by atoms with Gasteiger partial charge >= 0.3 is 0 Å². The zero-order chi connectivity index (χ0) is 10.4. The summed E-state index contributed by atoms with van der Waals surface area (Å²) in [6.07, 6.45) is -2.27. The monoisotopic (exact) mass is 198 g/mol. The van der Waals surface area contributed by atoms with Crippen molar-refractivity contribution in [2.75, 3.05) is 6.61 Å². The summed E-state index contributed by atoms with van der Waals surface area (Å²) in [6.45, 7) is 1.73. The molecule has 2 unspecified atom stereocenters. The van der Waals surface area contributed by atoms with Gasteiger partial charge in [-0.2, -0.15) is 0 Å². The summed E-state index contributed by atoms with van der Waals surface area (Å²) in [5.41, 5.74) is 1.00. The van der Waals surface area contributed by atoms with E-state index in [9.17, 15) is 4.39 Å². The Morgan fingerprint density at radius 3 is 2.57 bits per heavy atom. The van der Waals surface area contributed by atoms with Crippen LogP contribution in [0.4, 0.5) is 4.39 Å². The van der Waals surface area contributed by atoms with Gasteiger partial charge in [-0.3, -0.25) is 0 Å². The number of aliphatic hydroxyl groups excluding tert-OH is 1. The third kappa shape index (κ3) is 3.85. The molecule has 0 aliphatic carbocycles. The van der Waals surface area contributed by atoms with Crippen molar-refractivity contribution < 1.29 is 14.2 Å². The maximum Gasteiger partial charge on any atom is 0.149 e. The van der Waals surface area contributed by atoms with Crippen molar-refractivity contribution in [3.63, 3.8) is 0 Å². The molecule has 1 rings (SSSR count). The number of rotatable bonds is 5. The highest BCUT2D eigenvalue weighted by Crippen LogP contribution is 2.04. The van der Waals surface area contributed by atoms with Crippen LogP contribution < -0.4 is 0 Å². The Bertz CT molecular complexity index is 249. The van der Waals surface area contributed by atoms with Crippen LogP contribution >= 0.6 is 0 Å². The second kappa shape index (κ2) is 5.73. The lowest BCUT2D eigenvalue weighted by Gasteiger charge is -2.11. The van der Waals surface area contributed by atoms with Crippen LogP contribution in [-0.4, -0.2) is 24.0 Å². The van der Waals surface area contributed by atoms with Crippen LogP contribution in [0.5, 0.6) is 0 Å². The van der Waals surface area contributed by atoms with E-state index in [1.54, 1.807) is 0 Å². The molecule has 0 spiro atoms. The second-order valence-electron chi connectivity index (χ2n) is 3.26. The van der Waals surface area contributed by atoms with E-state index < -0.39 is 12.3 Å². The second-order valence-corrected chi connectivity index (χ2v) is 3.26. The minimum absolute atomic E-state index is 0.0629. The molecule has 2 atom stereocenters. The molecule has 0 amide bonds. The highest BCUT2D eigenvalue weighted by atomic mass is 19.1. The van der Waals surface area contributed by atoms with E-state index in [1.807, 2.05) is 30.3 Å². The summed E-state index contributed by atoms with van der Waals surface area (Å²) in [6, 6.07) is 9.54. The molecular formula is C11H15FO2. The third-order valence-corrected chi connectivity index (χ3v) is 1.91. The minimum atomic E-state index is -1.31. The summed E-state index contributed by atoms with van der Waals surface area (Å²) in [5.74, 6) is 0. The van der Waals surface area contributed by atoms with Crippen molar-refractivity contribution in [1.82, 2.24) is 0 Å². The molecule has 1 aromatic rings. The van der Waals surface area contributed by atoms with E-state index in [-0.39, 0.29) is 6.61 Å². The van der Waals surface area contributed by atoms with Gasteiger partial charge in [-0.15, -0.1) is 0 Å². The fraction of sp³-hybridized carbons (Fsp3) is 0.455. The minimum Gasteiger partial charge on any atom is -0.390 e. The number of halogens is 1. The van der Waals surface area contributed by atoms with Gasteiger partial charge in [0.25, 0.3) is 0 Å². The largest absolute Gasteiger partial charge is 0.390 e. The predicted octanol–water partition coefficient (Wildman–Crippen LogP) is 1.92. The lowest BCUT2D eigenvalue weighted by molar-refractivity contribution is 0.00929. The smallest absolute Gasteiger partial charge is 0.149 e. The van der Waals surface area contributed by atoms with E-state index in [1.165, 1.54) is 6.92 Å². The topological polar surface area (TPSA) is 29.5 Å². The molecule has 0 aliphatic heterocycles. The quantitative estimate of drug-likeness (QED) is 0.783. The van der Waals surface area contributed by atoms with Gasteiger partial charge in [-0.1, -0.05) is 30.3 Å². The van der Waals surface area contributed by atoms with Crippen LogP contribution in [0.25, 0.3) is 0 Å². The fourth-order valence-corrected chi connectivity index (χ4v) is 1.00. The standard InChI is InChI=1S/C11H15FO2/c1-9(13)11(12)8-14-7-10-5-3-2-4-6-10/h2-6,9,11,13H,7-8H2,1H3. The maximum absolute atomic E-state index is 12.9. The Hall–Kier alpha value is -0.930. The number of hydrogen-bond acceptors (Lipinski definition) is 2. The van der Waals surface area contributed by atoms with E-state index in [0.29, 0.717) is 6.61 Å². The van der Waals surface area contributed by atoms with Gasteiger partial charge in [0, 0.05) is 0 Å². The van der Waals surface area contributed by atoms with Crippen LogP contribution in [0.2, 0.25) is 0 Å². The molecule has 1 N–H and O–H groups in total. The Morgan fingerprint density at radius 2 is 2.00 bits per heavy atom. The first-order valence-electron chi connectivity index (χ1n) is 4.64. The maximum atomic E-state index is 12.9. The number of benzene rings is 1. The zero-order valence-electron chi connectivity index (χ0n) is 8.19. The van der Waals surface area contributed by atoms with Crippen LogP contribution in [-0.2, 0) is 11.3 Å². The Labute approximate surface area is 83.3 Å². The highest BCUT2D eigenvalue weighted by molar-refractivity contribution is 5.13.